The first-order chi connectivity index (χ1) is 11.4. The van der Waals surface area contributed by atoms with E-state index in [1.807, 2.05) is 0 Å². The van der Waals surface area contributed by atoms with Gasteiger partial charge in [0.15, 0.2) is 0 Å². The molecule has 0 radical (unpaired) electrons. The Morgan fingerprint density at radius 2 is 1.87 bits per heavy atom. The highest BCUT2D eigenvalue weighted by Crippen LogP contribution is 2.28. The number of hydrogen-bond acceptors (Lipinski definition) is 2. The van der Waals surface area contributed by atoms with Gasteiger partial charge in [0.05, 0.1) is 0 Å². The zero-order valence-electron chi connectivity index (χ0n) is 14.3. The summed E-state index contributed by atoms with van der Waals surface area (Å²) >= 11 is 0. The van der Waals surface area contributed by atoms with Gasteiger partial charge in [0.25, 0.3) is 0 Å². The summed E-state index contributed by atoms with van der Waals surface area (Å²) in [5, 5.41) is 6.11. The predicted octanol–water partition coefficient (Wildman–Crippen LogP) is 5.46. The van der Waals surface area contributed by atoms with Crippen molar-refractivity contribution in [2.24, 2.45) is 0 Å². The van der Waals surface area contributed by atoms with Crippen LogP contribution in [0.15, 0.2) is 49.1 Å². The van der Waals surface area contributed by atoms with Crippen LogP contribution in [0.1, 0.15) is 44.6 Å². The van der Waals surface area contributed by atoms with Crippen LogP contribution in [0.3, 0.4) is 0 Å². The first-order valence-electron chi connectivity index (χ1n) is 8.82. The van der Waals surface area contributed by atoms with Crippen molar-refractivity contribution in [1.82, 2.24) is 5.32 Å². The summed E-state index contributed by atoms with van der Waals surface area (Å²) in [6.07, 6.45) is 8.35. The molecule has 0 unspecified atom stereocenters. The van der Waals surface area contributed by atoms with Crippen LogP contribution < -0.4 is 10.1 Å². The molecule has 2 aromatic rings. The van der Waals surface area contributed by atoms with Gasteiger partial charge >= 0.3 is 0 Å². The van der Waals surface area contributed by atoms with E-state index in [0.29, 0.717) is 6.61 Å². The fourth-order valence-corrected chi connectivity index (χ4v) is 2.85. The molecule has 2 aromatic carbocycles. The van der Waals surface area contributed by atoms with Crippen LogP contribution in [0.5, 0.6) is 5.75 Å². The smallest absolute Gasteiger partial charge is 0.124 e. The molecule has 2 rings (SSSR count). The van der Waals surface area contributed by atoms with Crippen LogP contribution in [0.4, 0.5) is 0 Å². The maximum Gasteiger partial charge on any atom is 0.124 e. The second-order valence-corrected chi connectivity index (χ2v) is 5.95. The molecule has 0 aliphatic carbocycles. The summed E-state index contributed by atoms with van der Waals surface area (Å²) in [4.78, 5) is 0. The van der Waals surface area contributed by atoms with E-state index in [4.69, 9.17) is 4.74 Å². The minimum absolute atomic E-state index is 0.544. The molecule has 0 aliphatic rings. The first kappa shape index (κ1) is 17.6. The van der Waals surface area contributed by atoms with E-state index < -0.39 is 0 Å². The van der Waals surface area contributed by atoms with Crippen molar-refractivity contribution in [1.29, 1.82) is 0 Å². The van der Waals surface area contributed by atoms with Crippen molar-refractivity contribution in [2.75, 3.05) is 13.2 Å². The van der Waals surface area contributed by atoms with Crippen molar-refractivity contribution in [3.05, 3.63) is 54.6 Å². The molecule has 1 N–H and O–H groups in total. The third-order valence-electron chi connectivity index (χ3n) is 4.11. The van der Waals surface area contributed by atoms with Crippen molar-refractivity contribution < 1.29 is 4.74 Å². The Balaban J connectivity index is 1.99. The quantitative estimate of drug-likeness (QED) is 0.439. The Morgan fingerprint density at radius 1 is 1.04 bits per heavy atom. The van der Waals surface area contributed by atoms with Crippen LogP contribution >= 0.6 is 0 Å². The molecule has 0 heterocycles. The third-order valence-corrected chi connectivity index (χ3v) is 4.11. The highest BCUT2D eigenvalue weighted by molar-refractivity contribution is 5.87. The van der Waals surface area contributed by atoms with Crippen molar-refractivity contribution in [3.63, 3.8) is 0 Å². The zero-order valence-corrected chi connectivity index (χ0v) is 14.3. The Hall–Kier alpha value is -1.80. The SMILES string of the molecule is C=CCOc1ccc2ccccc2c1CNCCCCCCC. The maximum absolute atomic E-state index is 5.85. The number of hydrogen-bond donors (Lipinski definition) is 1. The van der Waals surface area contributed by atoms with Crippen LogP contribution in [0.25, 0.3) is 10.8 Å². The lowest BCUT2D eigenvalue weighted by molar-refractivity contribution is 0.358. The van der Waals surface area contributed by atoms with E-state index in [9.17, 15) is 0 Å². The molecular weight excluding hydrogens is 282 g/mol. The second-order valence-electron chi connectivity index (χ2n) is 5.95. The number of benzene rings is 2. The number of unbranched alkanes of at least 4 members (excludes halogenated alkanes) is 4. The monoisotopic (exact) mass is 311 g/mol. The van der Waals surface area contributed by atoms with E-state index in [1.165, 1.54) is 48.4 Å². The summed E-state index contributed by atoms with van der Waals surface area (Å²) in [7, 11) is 0. The van der Waals surface area contributed by atoms with Gasteiger partial charge in [-0.3, -0.25) is 0 Å². The lowest BCUT2D eigenvalue weighted by Crippen LogP contribution is -2.16. The summed E-state index contributed by atoms with van der Waals surface area (Å²) < 4.78 is 5.85. The topological polar surface area (TPSA) is 21.3 Å². The molecule has 0 bridgehead atoms. The molecule has 2 nitrogen and oxygen atoms in total. The number of rotatable bonds is 11. The van der Waals surface area contributed by atoms with Gasteiger partial charge in [-0.15, -0.1) is 0 Å². The zero-order chi connectivity index (χ0) is 16.3. The molecule has 0 saturated heterocycles. The van der Waals surface area contributed by atoms with E-state index in [0.717, 1.165) is 18.8 Å². The van der Waals surface area contributed by atoms with Crippen LogP contribution in [0.2, 0.25) is 0 Å². The fourth-order valence-electron chi connectivity index (χ4n) is 2.85. The average molecular weight is 311 g/mol. The molecule has 0 aromatic heterocycles. The molecule has 124 valence electrons. The van der Waals surface area contributed by atoms with Gasteiger partial charge in [0.1, 0.15) is 12.4 Å². The molecule has 0 amide bonds. The van der Waals surface area contributed by atoms with Crippen LogP contribution in [-0.2, 0) is 6.54 Å². The normalized spacial score (nSPS) is 10.8. The number of nitrogens with one attached hydrogen (secondary N) is 1. The Bertz CT molecular complexity index is 606. The number of fused-ring (bicyclic) bond motifs is 1. The Kier molecular flexibility index (Phi) is 7.68. The highest BCUT2D eigenvalue weighted by Gasteiger charge is 2.08. The standard InChI is InChI=1S/C21H29NO/c1-3-5-6-7-10-15-22-17-20-19-12-9-8-11-18(19)13-14-21(20)23-16-4-2/h4,8-9,11-14,22H,2-3,5-7,10,15-17H2,1H3. The Labute approximate surface area is 140 Å². The molecule has 0 atom stereocenters. The van der Waals surface area contributed by atoms with E-state index in [-0.39, 0.29) is 0 Å². The van der Waals surface area contributed by atoms with Crippen LogP contribution in [-0.4, -0.2) is 13.2 Å². The van der Waals surface area contributed by atoms with Gasteiger partial charge in [-0.05, 0) is 29.8 Å². The minimum atomic E-state index is 0.544. The summed E-state index contributed by atoms with van der Waals surface area (Å²) in [5.74, 6) is 0.960. The van der Waals surface area contributed by atoms with E-state index in [2.05, 4.69) is 55.2 Å². The van der Waals surface area contributed by atoms with Gasteiger partial charge < -0.3 is 10.1 Å². The van der Waals surface area contributed by atoms with Gasteiger partial charge in [-0.25, -0.2) is 0 Å². The molecule has 0 spiro atoms. The van der Waals surface area contributed by atoms with Gasteiger partial charge in [-0.2, -0.15) is 0 Å². The fraction of sp³-hybridized carbons (Fsp3) is 0.429. The van der Waals surface area contributed by atoms with Gasteiger partial charge in [0.2, 0.25) is 0 Å². The second kappa shape index (κ2) is 10.1. The molecule has 23 heavy (non-hydrogen) atoms. The third kappa shape index (κ3) is 5.40. The highest BCUT2D eigenvalue weighted by atomic mass is 16.5. The van der Waals surface area contributed by atoms with Gasteiger partial charge in [0, 0.05) is 12.1 Å². The van der Waals surface area contributed by atoms with Crippen LogP contribution in [0, 0.1) is 0 Å². The number of ether oxygens (including phenoxy) is 1. The van der Waals surface area contributed by atoms with E-state index >= 15 is 0 Å². The maximum atomic E-state index is 5.85. The molecule has 0 fully saturated rings. The minimum Gasteiger partial charge on any atom is -0.489 e. The van der Waals surface area contributed by atoms with Gasteiger partial charge in [-0.1, -0.05) is 75.6 Å². The first-order valence-corrected chi connectivity index (χ1v) is 8.82. The summed E-state index contributed by atoms with van der Waals surface area (Å²) in [5.41, 5.74) is 1.25. The van der Waals surface area contributed by atoms with Crippen molar-refractivity contribution >= 4 is 10.8 Å². The van der Waals surface area contributed by atoms with E-state index in [1.54, 1.807) is 6.08 Å². The largest absolute Gasteiger partial charge is 0.489 e. The predicted molar refractivity (Wildman–Crippen MR) is 100 cm³/mol. The molecule has 0 saturated carbocycles. The lowest BCUT2D eigenvalue weighted by atomic mass is 10.0. The van der Waals surface area contributed by atoms with Crippen molar-refractivity contribution in [2.45, 2.75) is 45.6 Å². The Morgan fingerprint density at radius 3 is 2.70 bits per heavy atom. The summed E-state index contributed by atoms with van der Waals surface area (Å²) in [6.45, 7) is 8.45. The van der Waals surface area contributed by atoms with Crippen molar-refractivity contribution in [3.8, 4) is 5.75 Å². The molecular formula is C21H29NO. The lowest BCUT2D eigenvalue weighted by Gasteiger charge is -2.14. The molecule has 0 aliphatic heterocycles. The molecule has 2 heteroatoms. The summed E-state index contributed by atoms with van der Waals surface area (Å²) in [6, 6.07) is 12.7. The average Bonchev–Trinajstić information content (AvgIpc) is 2.59.